The first-order valence-electron chi connectivity index (χ1n) is 6.67. The van der Waals surface area contributed by atoms with E-state index >= 15 is 0 Å². The van der Waals surface area contributed by atoms with Crippen LogP contribution in [0.1, 0.15) is 32.3 Å². The Labute approximate surface area is 140 Å². The molecule has 4 nitrogen and oxygen atoms in total. The maximum absolute atomic E-state index is 13.2. The Balaban J connectivity index is 3.31. The molecule has 0 saturated heterocycles. The number of rotatable bonds is 6. The summed E-state index contributed by atoms with van der Waals surface area (Å²) in [6, 6.07) is 4.85. The van der Waals surface area contributed by atoms with E-state index in [2.05, 4.69) is 15.9 Å². The number of halogens is 4. The van der Waals surface area contributed by atoms with Crippen molar-refractivity contribution in [3.8, 4) is 5.75 Å². The maximum atomic E-state index is 13.2. The van der Waals surface area contributed by atoms with E-state index in [1.165, 1.54) is 21.0 Å². The van der Waals surface area contributed by atoms with Crippen molar-refractivity contribution >= 4 is 21.9 Å². The van der Waals surface area contributed by atoms with E-state index in [1.807, 2.05) is 0 Å². The van der Waals surface area contributed by atoms with Crippen LogP contribution in [0.4, 0.5) is 13.2 Å². The van der Waals surface area contributed by atoms with Crippen LogP contribution < -0.4 is 4.74 Å². The zero-order valence-electron chi connectivity index (χ0n) is 12.9. The molecule has 0 aliphatic heterocycles. The number of hydrogen-bond donors (Lipinski definition) is 2. The fourth-order valence-corrected chi connectivity index (χ4v) is 2.91. The molecule has 130 valence electrons. The zero-order chi connectivity index (χ0) is 18.1. The van der Waals surface area contributed by atoms with Gasteiger partial charge in [0.2, 0.25) is 0 Å². The molecular formula is C15H18BrF3O4. The molecular weight excluding hydrogens is 381 g/mol. The van der Waals surface area contributed by atoms with E-state index in [-0.39, 0.29) is 0 Å². The number of ether oxygens (including phenoxy) is 1. The van der Waals surface area contributed by atoms with E-state index in [9.17, 15) is 23.1 Å². The molecule has 1 rings (SSSR count). The molecule has 0 heterocycles. The van der Waals surface area contributed by atoms with Gasteiger partial charge in [-0.2, -0.15) is 13.2 Å². The SMILES string of the molecule is COc1ccc(Br)cc1C(C)(C)C[C@@](O)(CC(=O)O)C(F)(F)F. The lowest BCUT2D eigenvalue weighted by Crippen LogP contribution is -2.50. The van der Waals surface area contributed by atoms with Crippen LogP contribution >= 0.6 is 15.9 Å². The summed E-state index contributed by atoms with van der Waals surface area (Å²) in [4.78, 5) is 10.8. The molecule has 0 fully saturated rings. The number of methoxy groups -OCH3 is 1. The number of aliphatic hydroxyl groups is 1. The average molecular weight is 399 g/mol. The van der Waals surface area contributed by atoms with Gasteiger partial charge >= 0.3 is 12.1 Å². The van der Waals surface area contributed by atoms with Crippen LogP contribution in [0.15, 0.2) is 22.7 Å². The molecule has 0 saturated carbocycles. The Bertz CT molecular complexity index is 587. The highest BCUT2D eigenvalue weighted by Crippen LogP contribution is 2.45. The minimum atomic E-state index is -5.07. The molecule has 0 aliphatic rings. The number of carbonyl (C=O) groups is 1. The Kier molecular flexibility index (Phi) is 5.74. The Morgan fingerprint density at radius 1 is 1.30 bits per heavy atom. The van der Waals surface area contributed by atoms with Crippen molar-refractivity contribution < 1.29 is 32.9 Å². The largest absolute Gasteiger partial charge is 0.496 e. The van der Waals surface area contributed by atoms with Crippen molar-refractivity contribution in [2.45, 2.75) is 43.9 Å². The first-order valence-corrected chi connectivity index (χ1v) is 7.46. The summed E-state index contributed by atoms with van der Waals surface area (Å²) < 4.78 is 45.5. The molecule has 0 radical (unpaired) electrons. The second-order valence-electron chi connectivity index (χ2n) is 6.01. The van der Waals surface area contributed by atoms with Crippen molar-refractivity contribution in [2.24, 2.45) is 0 Å². The molecule has 1 aromatic rings. The molecule has 0 aliphatic carbocycles. The van der Waals surface area contributed by atoms with E-state index in [4.69, 9.17) is 9.84 Å². The van der Waals surface area contributed by atoms with Gasteiger partial charge in [0.15, 0.2) is 5.60 Å². The standard InChI is InChI=1S/C15H18BrF3O4/c1-13(2,10-6-9(16)4-5-11(10)23-3)8-14(22,7-12(20)21)15(17,18)19/h4-6,22H,7-8H2,1-3H3,(H,20,21)/t14-/m0/s1. The minimum absolute atomic E-state index is 0.359. The predicted molar refractivity (Wildman–Crippen MR) is 81.6 cm³/mol. The van der Waals surface area contributed by atoms with E-state index in [0.29, 0.717) is 15.8 Å². The summed E-state index contributed by atoms with van der Waals surface area (Å²) >= 11 is 3.24. The van der Waals surface area contributed by atoms with Crippen LogP contribution in [0.5, 0.6) is 5.75 Å². The molecule has 0 bridgehead atoms. The summed E-state index contributed by atoms with van der Waals surface area (Å²) in [5.41, 5.74) is -4.09. The van der Waals surface area contributed by atoms with Gasteiger partial charge in [-0.3, -0.25) is 4.79 Å². The summed E-state index contributed by atoms with van der Waals surface area (Å²) in [7, 11) is 1.38. The van der Waals surface area contributed by atoms with Crippen molar-refractivity contribution in [1.82, 2.24) is 0 Å². The van der Waals surface area contributed by atoms with Gasteiger partial charge in [0.25, 0.3) is 0 Å². The second-order valence-corrected chi connectivity index (χ2v) is 6.92. The third-order valence-electron chi connectivity index (χ3n) is 3.60. The van der Waals surface area contributed by atoms with Gasteiger partial charge in [0.1, 0.15) is 5.75 Å². The lowest BCUT2D eigenvalue weighted by atomic mass is 9.73. The number of alkyl halides is 3. The third-order valence-corrected chi connectivity index (χ3v) is 4.09. The van der Waals surface area contributed by atoms with Crippen LogP contribution in [-0.2, 0) is 10.2 Å². The summed E-state index contributed by atoms with van der Waals surface area (Å²) in [6.07, 6.45) is -7.30. The van der Waals surface area contributed by atoms with Crippen molar-refractivity contribution in [2.75, 3.05) is 7.11 Å². The Morgan fingerprint density at radius 2 is 1.87 bits per heavy atom. The lowest BCUT2D eigenvalue weighted by Gasteiger charge is -2.37. The smallest absolute Gasteiger partial charge is 0.417 e. The van der Waals surface area contributed by atoms with Crippen molar-refractivity contribution in [3.05, 3.63) is 28.2 Å². The van der Waals surface area contributed by atoms with Gasteiger partial charge in [-0.15, -0.1) is 0 Å². The molecule has 0 spiro atoms. The number of aliphatic carboxylic acids is 1. The van der Waals surface area contributed by atoms with Crippen molar-refractivity contribution in [3.63, 3.8) is 0 Å². The van der Waals surface area contributed by atoms with E-state index in [1.54, 1.807) is 18.2 Å². The highest BCUT2D eigenvalue weighted by molar-refractivity contribution is 9.10. The van der Waals surface area contributed by atoms with E-state index < -0.39 is 36.0 Å². The molecule has 0 unspecified atom stereocenters. The summed E-state index contributed by atoms with van der Waals surface area (Å²) in [5.74, 6) is -1.36. The normalized spacial score (nSPS) is 15.1. The summed E-state index contributed by atoms with van der Waals surface area (Å²) in [6.45, 7) is 2.99. The quantitative estimate of drug-likeness (QED) is 0.762. The molecule has 0 aromatic heterocycles. The lowest BCUT2D eigenvalue weighted by molar-refractivity contribution is -0.269. The molecule has 23 heavy (non-hydrogen) atoms. The fourth-order valence-electron chi connectivity index (χ4n) is 2.55. The molecule has 2 N–H and O–H groups in total. The summed E-state index contributed by atoms with van der Waals surface area (Å²) in [5, 5.41) is 18.7. The number of benzene rings is 1. The van der Waals surface area contributed by atoms with Gasteiger partial charge in [0, 0.05) is 10.0 Å². The third kappa shape index (κ3) is 4.60. The van der Waals surface area contributed by atoms with Gasteiger partial charge in [-0.25, -0.2) is 0 Å². The monoisotopic (exact) mass is 398 g/mol. The Hall–Kier alpha value is -1.28. The van der Waals surface area contributed by atoms with Crippen LogP contribution in [-0.4, -0.2) is 35.1 Å². The fraction of sp³-hybridized carbons (Fsp3) is 0.533. The minimum Gasteiger partial charge on any atom is -0.496 e. The van der Waals surface area contributed by atoms with Crippen molar-refractivity contribution in [1.29, 1.82) is 0 Å². The average Bonchev–Trinajstić information content (AvgIpc) is 2.35. The Morgan fingerprint density at radius 3 is 2.30 bits per heavy atom. The highest BCUT2D eigenvalue weighted by Gasteiger charge is 2.57. The molecule has 0 amide bonds. The molecule has 8 heteroatoms. The molecule has 1 aromatic carbocycles. The topological polar surface area (TPSA) is 66.8 Å². The second kappa shape index (κ2) is 6.68. The van der Waals surface area contributed by atoms with Gasteiger partial charge in [-0.05, 0) is 30.0 Å². The molecule has 1 atom stereocenters. The highest BCUT2D eigenvalue weighted by atomic mass is 79.9. The zero-order valence-corrected chi connectivity index (χ0v) is 14.5. The first kappa shape index (κ1) is 19.8. The number of hydrogen-bond acceptors (Lipinski definition) is 3. The number of carboxylic acids is 1. The van der Waals surface area contributed by atoms with E-state index in [0.717, 1.165) is 0 Å². The van der Waals surface area contributed by atoms with Crippen LogP contribution in [0.25, 0.3) is 0 Å². The maximum Gasteiger partial charge on any atom is 0.417 e. The van der Waals surface area contributed by atoms with Crippen LogP contribution in [0.2, 0.25) is 0 Å². The van der Waals surface area contributed by atoms with Gasteiger partial charge in [-0.1, -0.05) is 29.8 Å². The van der Waals surface area contributed by atoms with Crippen LogP contribution in [0.3, 0.4) is 0 Å². The van der Waals surface area contributed by atoms with Crippen LogP contribution in [0, 0.1) is 0 Å². The predicted octanol–water partition coefficient (Wildman–Crippen LogP) is 3.89. The number of carboxylic acid groups (broad SMARTS) is 1. The first-order chi connectivity index (χ1) is 10.3. The van der Waals surface area contributed by atoms with Gasteiger partial charge < -0.3 is 14.9 Å². The van der Waals surface area contributed by atoms with Gasteiger partial charge in [0.05, 0.1) is 13.5 Å².